The van der Waals surface area contributed by atoms with E-state index in [0.717, 1.165) is 18.9 Å². The third kappa shape index (κ3) is 2.70. The molecule has 0 aliphatic carbocycles. The third-order valence-corrected chi connectivity index (χ3v) is 3.67. The van der Waals surface area contributed by atoms with Gasteiger partial charge in [-0.15, -0.1) is 5.10 Å². The van der Waals surface area contributed by atoms with Crippen LogP contribution >= 0.6 is 15.9 Å². The van der Waals surface area contributed by atoms with Gasteiger partial charge in [0.2, 0.25) is 0 Å². The van der Waals surface area contributed by atoms with Gasteiger partial charge in [-0.3, -0.25) is 4.79 Å². The van der Waals surface area contributed by atoms with Crippen molar-refractivity contribution in [2.24, 2.45) is 0 Å². The lowest BCUT2D eigenvalue weighted by Crippen LogP contribution is -2.23. The molecule has 0 amide bonds. The Kier molecular flexibility index (Phi) is 4.04. The van der Waals surface area contributed by atoms with E-state index in [0.29, 0.717) is 15.9 Å². The van der Waals surface area contributed by atoms with Crippen molar-refractivity contribution in [3.63, 3.8) is 0 Å². The second kappa shape index (κ2) is 5.56. The summed E-state index contributed by atoms with van der Waals surface area (Å²) in [6, 6.07) is 3.74. The molecule has 2 aromatic heterocycles. The fourth-order valence-corrected chi connectivity index (χ4v) is 2.40. The molecule has 0 radical (unpaired) electrons. The first-order valence-electron chi connectivity index (χ1n) is 6.07. The molecule has 0 aromatic carbocycles. The summed E-state index contributed by atoms with van der Waals surface area (Å²) in [5.74, 6) is -0.0643. The minimum atomic E-state index is -0.909. The van der Waals surface area contributed by atoms with E-state index >= 15 is 0 Å². The lowest BCUT2D eigenvalue weighted by molar-refractivity contribution is -0.136. The summed E-state index contributed by atoms with van der Waals surface area (Å²) < 4.78 is 2.23. The summed E-state index contributed by atoms with van der Waals surface area (Å²) in [7, 11) is 0. The van der Waals surface area contributed by atoms with Crippen LogP contribution in [0.1, 0.15) is 19.5 Å². The van der Waals surface area contributed by atoms with Gasteiger partial charge in [-0.05, 0) is 41.9 Å². The number of aromatic nitrogens is 3. The Morgan fingerprint density at radius 1 is 1.42 bits per heavy atom. The third-order valence-electron chi connectivity index (χ3n) is 2.88. The average Bonchev–Trinajstić information content (AvgIpc) is 2.67. The lowest BCUT2D eigenvalue weighted by Gasteiger charge is -2.19. The number of anilines is 1. The predicted molar refractivity (Wildman–Crippen MR) is 75.6 cm³/mol. The number of imidazole rings is 1. The van der Waals surface area contributed by atoms with Crippen LogP contribution in [0.15, 0.2) is 16.7 Å². The van der Waals surface area contributed by atoms with Gasteiger partial charge in [0, 0.05) is 13.1 Å². The maximum absolute atomic E-state index is 10.8. The van der Waals surface area contributed by atoms with Crippen molar-refractivity contribution in [1.82, 2.24) is 14.6 Å². The molecule has 6 nitrogen and oxygen atoms in total. The highest BCUT2D eigenvalue weighted by molar-refractivity contribution is 9.10. The zero-order valence-electron chi connectivity index (χ0n) is 10.8. The second-order valence-electron chi connectivity index (χ2n) is 4.05. The number of aliphatic carboxylic acids is 1. The van der Waals surface area contributed by atoms with Gasteiger partial charge >= 0.3 is 5.97 Å². The van der Waals surface area contributed by atoms with Crippen molar-refractivity contribution in [2.75, 3.05) is 18.0 Å². The molecule has 102 valence electrons. The lowest BCUT2D eigenvalue weighted by atomic mass is 10.3. The van der Waals surface area contributed by atoms with Crippen LogP contribution in [0.2, 0.25) is 0 Å². The highest BCUT2D eigenvalue weighted by Crippen LogP contribution is 2.20. The molecule has 7 heteroatoms. The van der Waals surface area contributed by atoms with E-state index < -0.39 is 5.97 Å². The maximum atomic E-state index is 10.8. The van der Waals surface area contributed by atoms with Gasteiger partial charge in [0.05, 0.1) is 12.1 Å². The first-order valence-corrected chi connectivity index (χ1v) is 6.87. The van der Waals surface area contributed by atoms with Gasteiger partial charge in [0.25, 0.3) is 0 Å². The van der Waals surface area contributed by atoms with Gasteiger partial charge in [-0.2, -0.15) is 0 Å². The molecule has 2 rings (SSSR count). The van der Waals surface area contributed by atoms with Crippen molar-refractivity contribution in [3.05, 3.63) is 22.4 Å². The zero-order valence-corrected chi connectivity index (χ0v) is 12.4. The molecule has 0 spiro atoms. The highest BCUT2D eigenvalue weighted by Gasteiger charge is 2.15. The summed E-state index contributed by atoms with van der Waals surface area (Å²) in [5.41, 5.74) is 1.12. The van der Waals surface area contributed by atoms with Crippen LogP contribution in [-0.4, -0.2) is 38.8 Å². The Bertz CT molecular complexity index is 607. The van der Waals surface area contributed by atoms with Gasteiger partial charge in [0.1, 0.15) is 10.4 Å². The molecule has 2 heterocycles. The van der Waals surface area contributed by atoms with Crippen LogP contribution in [0.3, 0.4) is 0 Å². The number of rotatable bonds is 5. The summed E-state index contributed by atoms with van der Waals surface area (Å²) in [5, 5.41) is 13.3. The van der Waals surface area contributed by atoms with Crippen LogP contribution in [0.25, 0.3) is 5.65 Å². The molecular formula is C12H15BrN4O2. The Morgan fingerprint density at radius 2 is 2.11 bits per heavy atom. The summed E-state index contributed by atoms with van der Waals surface area (Å²) in [4.78, 5) is 17.1. The van der Waals surface area contributed by atoms with Crippen LogP contribution in [0.5, 0.6) is 0 Å². The van der Waals surface area contributed by atoms with Crippen LogP contribution < -0.4 is 4.90 Å². The normalized spacial score (nSPS) is 10.9. The highest BCUT2D eigenvalue weighted by atomic mass is 79.9. The van der Waals surface area contributed by atoms with E-state index in [1.54, 1.807) is 4.52 Å². The summed E-state index contributed by atoms with van der Waals surface area (Å²) in [6.45, 7) is 5.86. The molecule has 0 aliphatic rings. The average molecular weight is 327 g/mol. The number of fused-ring (bicyclic) bond motifs is 1. The van der Waals surface area contributed by atoms with Crippen LogP contribution in [0, 0.1) is 0 Å². The number of nitrogens with zero attached hydrogens (tertiary/aromatic N) is 4. The number of carboxylic acid groups (broad SMARTS) is 1. The number of carbonyl (C=O) groups is 1. The van der Waals surface area contributed by atoms with Gasteiger partial charge in [-0.1, -0.05) is 0 Å². The molecule has 19 heavy (non-hydrogen) atoms. The Balaban J connectivity index is 2.47. The zero-order chi connectivity index (χ0) is 14.0. The largest absolute Gasteiger partial charge is 0.481 e. The fraction of sp³-hybridized carbons (Fsp3) is 0.417. The van der Waals surface area contributed by atoms with Crippen molar-refractivity contribution in [2.45, 2.75) is 20.3 Å². The van der Waals surface area contributed by atoms with E-state index in [-0.39, 0.29) is 6.42 Å². The van der Waals surface area contributed by atoms with Crippen molar-refractivity contribution < 1.29 is 9.90 Å². The van der Waals surface area contributed by atoms with E-state index in [1.165, 1.54) is 0 Å². The SMILES string of the molecule is CCN(CC)c1ccc2nc(CC(=O)O)c(Br)n2n1. The minimum Gasteiger partial charge on any atom is -0.481 e. The van der Waals surface area contributed by atoms with Gasteiger partial charge in [-0.25, -0.2) is 9.50 Å². The number of hydrogen-bond acceptors (Lipinski definition) is 4. The number of hydrogen-bond donors (Lipinski definition) is 1. The predicted octanol–water partition coefficient (Wildman–Crippen LogP) is 1.97. The van der Waals surface area contributed by atoms with Gasteiger partial charge in [0.15, 0.2) is 5.65 Å². The molecule has 0 aliphatic heterocycles. The van der Waals surface area contributed by atoms with E-state index in [2.05, 4.69) is 44.8 Å². The molecule has 0 bridgehead atoms. The fourth-order valence-electron chi connectivity index (χ4n) is 1.91. The topological polar surface area (TPSA) is 70.7 Å². The Labute approximate surface area is 119 Å². The standard InChI is InChI=1S/C12H15BrN4O2/c1-3-16(4-2)10-6-5-9-14-8(7-11(18)19)12(13)17(9)15-10/h5-6H,3-4,7H2,1-2H3,(H,18,19). The summed E-state index contributed by atoms with van der Waals surface area (Å²) >= 11 is 3.36. The van der Waals surface area contributed by atoms with Crippen molar-refractivity contribution in [3.8, 4) is 0 Å². The molecule has 0 atom stereocenters. The first kappa shape index (κ1) is 13.8. The van der Waals surface area contributed by atoms with E-state index in [9.17, 15) is 4.79 Å². The molecule has 1 N–H and O–H groups in total. The first-order chi connectivity index (χ1) is 9.06. The number of carboxylic acids is 1. The summed E-state index contributed by atoms with van der Waals surface area (Å²) in [6.07, 6.45) is -0.120. The van der Waals surface area contributed by atoms with Crippen molar-refractivity contribution >= 4 is 33.4 Å². The van der Waals surface area contributed by atoms with Crippen LogP contribution in [0.4, 0.5) is 5.82 Å². The second-order valence-corrected chi connectivity index (χ2v) is 4.80. The van der Waals surface area contributed by atoms with E-state index in [1.807, 2.05) is 12.1 Å². The van der Waals surface area contributed by atoms with Crippen LogP contribution in [-0.2, 0) is 11.2 Å². The molecular weight excluding hydrogens is 312 g/mol. The molecule has 0 fully saturated rings. The Hall–Kier alpha value is -1.63. The molecule has 2 aromatic rings. The quantitative estimate of drug-likeness (QED) is 0.909. The smallest absolute Gasteiger partial charge is 0.309 e. The minimum absolute atomic E-state index is 0.120. The monoisotopic (exact) mass is 326 g/mol. The molecule has 0 saturated heterocycles. The maximum Gasteiger partial charge on any atom is 0.309 e. The molecule has 0 saturated carbocycles. The van der Waals surface area contributed by atoms with Crippen molar-refractivity contribution in [1.29, 1.82) is 0 Å². The molecule has 0 unspecified atom stereocenters. The van der Waals surface area contributed by atoms with E-state index in [4.69, 9.17) is 5.11 Å². The van der Waals surface area contributed by atoms with Gasteiger partial charge < -0.3 is 10.0 Å². The Morgan fingerprint density at radius 3 is 2.68 bits per heavy atom. The number of halogens is 1.